The SMILES string of the molecule is CCNc1cc(OCC2CCCCC2)nc(COC)n1. The van der Waals surface area contributed by atoms with Crippen molar-refractivity contribution in [3.63, 3.8) is 0 Å². The van der Waals surface area contributed by atoms with Gasteiger partial charge >= 0.3 is 0 Å². The number of methoxy groups -OCH3 is 1. The molecule has 1 N–H and O–H groups in total. The number of nitrogens with zero attached hydrogens (tertiary/aromatic N) is 2. The van der Waals surface area contributed by atoms with Crippen LogP contribution in [-0.4, -0.2) is 30.2 Å². The molecule has 5 heteroatoms. The Balaban J connectivity index is 1.97. The van der Waals surface area contributed by atoms with Gasteiger partial charge in [-0.1, -0.05) is 19.3 Å². The fourth-order valence-electron chi connectivity index (χ4n) is 2.57. The molecule has 0 atom stereocenters. The highest BCUT2D eigenvalue weighted by molar-refractivity contribution is 5.38. The van der Waals surface area contributed by atoms with E-state index in [0.29, 0.717) is 24.2 Å². The predicted octanol–water partition coefficient (Wildman–Crippen LogP) is 3.01. The summed E-state index contributed by atoms with van der Waals surface area (Å²) in [7, 11) is 1.64. The van der Waals surface area contributed by atoms with Crippen LogP contribution < -0.4 is 10.1 Å². The van der Waals surface area contributed by atoms with Gasteiger partial charge in [0.2, 0.25) is 5.88 Å². The van der Waals surface area contributed by atoms with E-state index in [-0.39, 0.29) is 0 Å². The molecule has 1 fully saturated rings. The summed E-state index contributed by atoms with van der Waals surface area (Å²) in [6.45, 7) is 4.03. The number of aromatic nitrogens is 2. The molecule has 1 aromatic heterocycles. The summed E-state index contributed by atoms with van der Waals surface area (Å²) in [6, 6.07) is 1.87. The lowest BCUT2D eigenvalue weighted by Gasteiger charge is -2.21. The lowest BCUT2D eigenvalue weighted by molar-refractivity contribution is 0.173. The second-order valence-electron chi connectivity index (χ2n) is 5.29. The van der Waals surface area contributed by atoms with Crippen molar-refractivity contribution >= 4 is 5.82 Å². The van der Waals surface area contributed by atoms with Crippen molar-refractivity contribution in [3.05, 3.63) is 11.9 Å². The summed E-state index contributed by atoms with van der Waals surface area (Å²) in [5, 5.41) is 3.20. The first-order valence-electron chi connectivity index (χ1n) is 7.55. The Morgan fingerprint density at radius 1 is 1.25 bits per heavy atom. The first kappa shape index (κ1) is 15.0. The molecular weight excluding hydrogens is 254 g/mol. The maximum Gasteiger partial charge on any atom is 0.218 e. The first-order valence-corrected chi connectivity index (χ1v) is 7.55. The van der Waals surface area contributed by atoms with Crippen LogP contribution >= 0.6 is 0 Å². The van der Waals surface area contributed by atoms with Crippen LogP contribution in [0.15, 0.2) is 6.07 Å². The third-order valence-corrected chi connectivity index (χ3v) is 3.57. The van der Waals surface area contributed by atoms with Crippen LogP contribution in [0.3, 0.4) is 0 Å². The normalized spacial score (nSPS) is 16.1. The molecule has 5 nitrogen and oxygen atoms in total. The maximum absolute atomic E-state index is 5.87. The maximum atomic E-state index is 5.87. The summed E-state index contributed by atoms with van der Waals surface area (Å²) < 4.78 is 11.0. The van der Waals surface area contributed by atoms with E-state index in [1.165, 1.54) is 32.1 Å². The molecule has 1 aliphatic carbocycles. The van der Waals surface area contributed by atoms with E-state index in [4.69, 9.17) is 9.47 Å². The minimum Gasteiger partial charge on any atom is -0.477 e. The average Bonchev–Trinajstić information content (AvgIpc) is 2.47. The number of rotatable bonds is 7. The lowest BCUT2D eigenvalue weighted by Crippen LogP contribution is -2.16. The predicted molar refractivity (Wildman–Crippen MR) is 79.0 cm³/mol. The fourth-order valence-corrected chi connectivity index (χ4v) is 2.57. The topological polar surface area (TPSA) is 56.3 Å². The molecule has 1 saturated carbocycles. The van der Waals surface area contributed by atoms with Gasteiger partial charge in [0.25, 0.3) is 0 Å². The minimum absolute atomic E-state index is 0.402. The quantitative estimate of drug-likeness (QED) is 0.831. The third kappa shape index (κ3) is 4.63. The molecule has 0 unspecified atom stereocenters. The molecule has 0 bridgehead atoms. The number of hydrogen-bond acceptors (Lipinski definition) is 5. The Kier molecular flexibility index (Phi) is 6.05. The molecular formula is C15H25N3O2. The molecule has 0 aromatic carbocycles. The molecule has 0 spiro atoms. The van der Waals surface area contributed by atoms with E-state index in [0.717, 1.165) is 19.0 Å². The van der Waals surface area contributed by atoms with Crippen molar-refractivity contribution in [2.45, 2.75) is 45.6 Å². The molecule has 1 aromatic rings. The van der Waals surface area contributed by atoms with Crippen molar-refractivity contribution in [2.24, 2.45) is 5.92 Å². The summed E-state index contributed by atoms with van der Waals surface area (Å²) >= 11 is 0. The number of nitrogens with one attached hydrogen (secondary N) is 1. The smallest absolute Gasteiger partial charge is 0.218 e. The Morgan fingerprint density at radius 3 is 2.75 bits per heavy atom. The zero-order valence-electron chi connectivity index (χ0n) is 12.5. The van der Waals surface area contributed by atoms with Gasteiger partial charge in [-0.05, 0) is 25.7 Å². The van der Waals surface area contributed by atoms with Crippen LogP contribution in [0, 0.1) is 5.92 Å². The molecule has 0 amide bonds. The summed E-state index contributed by atoms with van der Waals surface area (Å²) in [5.74, 6) is 2.78. The Hall–Kier alpha value is -1.36. The van der Waals surface area contributed by atoms with E-state index >= 15 is 0 Å². The Morgan fingerprint density at radius 2 is 2.05 bits per heavy atom. The first-order chi connectivity index (χ1) is 9.81. The molecule has 0 aliphatic heterocycles. The minimum atomic E-state index is 0.402. The second-order valence-corrected chi connectivity index (χ2v) is 5.29. The summed E-state index contributed by atoms with van der Waals surface area (Å²) in [5.41, 5.74) is 0. The van der Waals surface area contributed by atoms with Gasteiger partial charge in [0.05, 0.1) is 6.61 Å². The zero-order valence-corrected chi connectivity index (χ0v) is 12.5. The molecule has 112 valence electrons. The molecule has 2 rings (SSSR count). The highest BCUT2D eigenvalue weighted by Gasteiger charge is 2.15. The van der Waals surface area contributed by atoms with Crippen LogP contribution in [0.2, 0.25) is 0 Å². The van der Waals surface area contributed by atoms with Gasteiger partial charge in [0, 0.05) is 19.7 Å². The van der Waals surface area contributed by atoms with E-state index < -0.39 is 0 Å². The molecule has 1 heterocycles. The van der Waals surface area contributed by atoms with Gasteiger partial charge in [-0.3, -0.25) is 0 Å². The van der Waals surface area contributed by atoms with Crippen molar-refractivity contribution in [1.82, 2.24) is 9.97 Å². The van der Waals surface area contributed by atoms with Gasteiger partial charge in [-0.2, -0.15) is 4.98 Å². The summed E-state index contributed by atoms with van der Waals surface area (Å²) in [6.07, 6.45) is 6.57. The molecule has 0 radical (unpaired) electrons. The molecule has 1 aliphatic rings. The van der Waals surface area contributed by atoms with Gasteiger partial charge < -0.3 is 14.8 Å². The van der Waals surface area contributed by atoms with Gasteiger partial charge in [0.15, 0.2) is 5.82 Å². The second kappa shape index (κ2) is 8.04. The monoisotopic (exact) mass is 279 g/mol. The largest absolute Gasteiger partial charge is 0.477 e. The molecule has 20 heavy (non-hydrogen) atoms. The van der Waals surface area contributed by atoms with Crippen molar-refractivity contribution in [1.29, 1.82) is 0 Å². The Bertz CT molecular complexity index is 382. The number of hydrogen-bond donors (Lipinski definition) is 1. The van der Waals surface area contributed by atoms with E-state index in [2.05, 4.69) is 15.3 Å². The van der Waals surface area contributed by atoms with Crippen LogP contribution in [0.4, 0.5) is 5.82 Å². The van der Waals surface area contributed by atoms with Crippen molar-refractivity contribution in [3.8, 4) is 5.88 Å². The van der Waals surface area contributed by atoms with Crippen molar-refractivity contribution < 1.29 is 9.47 Å². The Labute approximate surface area is 121 Å². The van der Waals surface area contributed by atoms with Gasteiger partial charge in [-0.25, -0.2) is 4.98 Å². The van der Waals surface area contributed by atoms with E-state index in [1.54, 1.807) is 7.11 Å². The average molecular weight is 279 g/mol. The van der Waals surface area contributed by atoms with Crippen LogP contribution in [0.5, 0.6) is 5.88 Å². The standard InChI is InChI=1S/C15H25N3O2/c1-3-16-13-9-15(18-14(17-13)11-19-2)20-10-12-7-5-4-6-8-12/h9,12H,3-8,10-11H2,1-2H3,(H,16,17,18). The fraction of sp³-hybridized carbons (Fsp3) is 0.733. The third-order valence-electron chi connectivity index (χ3n) is 3.57. The number of anilines is 1. The van der Waals surface area contributed by atoms with Crippen molar-refractivity contribution in [2.75, 3.05) is 25.6 Å². The van der Waals surface area contributed by atoms with Crippen LogP contribution in [-0.2, 0) is 11.3 Å². The highest BCUT2D eigenvalue weighted by Crippen LogP contribution is 2.24. The zero-order chi connectivity index (χ0) is 14.2. The van der Waals surface area contributed by atoms with Crippen LogP contribution in [0.25, 0.3) is 0 Å². The van der Waals surface area contributed by atoms with Crippen LogP contribution in [0.1, 0.15) is 44.9 Å². The highest BCUT2D eigenvalue weighted by atomic mass is 16.5. The number of ether oxygens (including phenoxy) is 2. The lowest BCUT2D eigenvalue weighted by atomic mass is 9.90. The van der Waals surface area contributed by atoms with Gasteiger partial charge in [-0.15, -0.1) is 0 Å². The van der Waals surface area contributed by atoms with E-state index in [1.807, 2.05) is 13.0 Å². The summed E-state index contributed by atoms with van der Waals surface area (Å²) in [4.78, 5) is 8.77. The molecule has 0 saturated heterocycles. The van der Waals surface area contributed by atoms with Gasteiger partial charge in [0.1, 0.15) is 12.4 Å². The van der Waals surface area contributed by atoms with E-state index in [9.17, 15) is 0 Å².